The van der Waals surface area contributed by atoms with E-state index in [2.05, 4.69) is 5.32 Å². The second kappa shape index (κ2) is 10.3. The Morgan fingerprint density at radius 1 is 1.06 bits per heavy atom. The van der Waals surface area contributed by atoms with Crippen molar-refractivity contribution >= 4 is 40.4 Å². The van der Waals surface area contributed by atoms with Crippen molar-refractivity contribution in [1.29, 1.82) is 0 Å². The van der Waals surface area contributed by atoms with Gasteiger partial charge in [-0.15, -0.1) is 11.3 Å². The molecule has 7 heteroatoms. The number of halogens is 2. The lowest BCUT2D eigenvalue weighted by Gasteiger charge is -2.33. The molecular formula is C25H24ClFN2O2S. The maximum atomic E-state index is 15.0. The molecule has 0 radical (unpaired) electrons. The number of nitrogens with one attached hydrogen (secondary N) is 1. The number of nitrogens with zero attached hydrogens (tertiary/aromatic N) is 1. The fraction of sp³-hybridized carbons (Fsp3) is 0.280. The lowest BCUT2D eigenvalue weighted by Crippen LogP contribution is -2.47. The highest BCUT2D eigenvalue weighted by Gasteiger charge is 2.36. The number of hydrogen-bond acceptors (Lipinski definition) is 3. The van der Waals surface area contributed by atoms with Crippen LogP contribution in [0, 0.1) is 5.82 Å². The van der Waals surface area contributed by atoms with E-state index in [1.54, 1.807) is 36.4 Å². The molecule has 1 saturated carbocycles. The fourth-order valence-electron chi connectivity index (χ4n) is 4.16. The molecule has 166 valence electrons. The van der Waals surface area contributed by atoms with Crippen LogP contribution < -0.4 is 10.2 Å². The molecule has 32 heavy (non-hydrogen) atoms. The summed E-state index contributed by atoms with van der Waals surface area (Å²) in [5.74, 6) is -1.30. The van der Waals surface area contributed by atoms with E-state index in [1.807, 2.05) is 17.5 Å². The smallest absolute Gasteiger partial charge is 0.248 e. The molecule has 1 heterocycles. The van der Waals surface area contributed by atoms with Gasteiger partial charge in [0.25, 0.3) is 0 Å². The van der Waals surface area contributed by atoms with Gasteiger partial charge in [-0.25, -0.2) is 4.39 Å². The van der Waals surface area contributed by atoms with Crippen LogP contribution in [0.4, 0.5) is 10.1 Å². The van der Waals surface area contributed by atoms with E-state index >= 15 is 0 Å². The largest absolute Gasteiger partial charge is 0.351 e. The van der Waals surface area contributed by atoms with Gasteiger partial charge in [-0.05, 0) is 42.5 Å². The van der Waals surface area contributed by atoms with Gasteiger partial charge in [-0.1, -0.05) is 60.8 Å². The number of benzene rings is 2. The van der Waals surface area contributed by atoms with Gasteiger partial charge in [-0.2, -0.15) is 0 Å². The van der Waals surface area contributed by atoms with E-state index in [-0.39, 0.29) is 30.0 Å². The van der Waals surface area contributed by atoms with E-state index in [1.165, 1.54) is 28.4 Å². The van der Waals surface area contributed by atoms with Crippen molar-refractivity contribution in [3.05, 3.63) is 87.3 Å². The molecule has 1 N–H and O–H groups in total. The fourth-order valence-corrected chi connectivity index (χ4v) is 5.09. The van der Waals surface area contributed by atoms with Crippen molar-refractivity contribution in [1.82, 2.24) is 5.32 Å². The van der Waals surface area contributed by atoms with Gasteiger partial charge in [0.15, 0.2) is 0 Å². The lowest BCUT2D eigenvalue weighted by atomic mass is 10.0. The molecule has 2 amide bonds. The molecule has 1 aromatic heterocycles. The van der Waals surface area contributed by atoms with Gasteiger partial charge in [0, 0.05) is 21.5 Å². The van der Waals surface area contributed by atoms with E-state index in [0.29, 0.717) is 10.6 Å². The van der Waals surface area contributed by atoms with Gasteiger partial charge >= 0.3 is 0 Å². The summed E-state index contributed by atoms with van der Waals surface area (Å²) in [5.41, 5.74) is 0.521. The number of para-hydroxylation sites is 1. The summed E-state index contributed by atoms with van der Waals surface area (Å²) in [6.45, 7) is 0. The minimum atomic E-state index is -1.09. The molecule has 0 spiro atoms. The van der Waals surface area contributed by atoms with Crippen molar-refractivity contribution in [2.45, 2.75) is 44.2 Å². The second-order valence-corrected chi connectivity index (χ2v) is 9.32. The van der Waals surface area contributed by atoms with E-state index < -0.39 is 11.9 Å². The molecule has 0 saturated heterocycles. The zero-order valence-electron chi connectivity index (χ0n) is 17.5. The minimum absolute atomic E-state index is 0.0438. The van der Waals surface area contributed by atoms with E-state index in [9.17, 15) is 14.0 Å². The van der Waals surface area contributed by atoms with Crippen LogP contribution in [0.3, 0.4) is 0 Å². The SMILES string of the molecule is O=C(NC1CCCC1)[C@H](c1ccccc1Cl)N(C(=O)Cc1cccs1)c1ccccc1F. The molecule has 1 aliphatic rings. The predicted octanol–water partition coefficient (Wildman–Crippen LogP) is 5.92. The van der Waals surface area contributed by atoms with E-state index in [4.69, 9.17) is 11.6 Å². The first-order valence-electron chi connectivity index (χ1n) is 10.7. The Morgan fingerprint density at radius 2 is 1.78 bits per heavy atom. The summed E-state index contributed by atoms with van der Waals surface area (Å²) in [6, 6.07) is 15.6. The summed E-state index contributed by atoms with van der Waals surface area (Å²) >= 11 is 7.93. The first kappa shape index (κ1) is 22.5. The third-order valence-electron chi connectivity index (χ3n) is 5.69. The highest BCUT2D eigenvalue weighted by atomic mass is 35.5. The van der Waals surface area contributed by atoms with Crippen molar-refractivity contribution < 1.29 is 14.0 Å². The number of hydrogen-bond donors (Lipinski definition) is 1. The summed E-state index contributed by atoms with van der Waals surface area (Å²) in [4.78, 5) is 29.3. The summed E-state index contributed by atoms with van der Waals surface area (Å²) < 4.78 is 15.0. The Hall–Kier alpha value is -2.70. The highest BCUT2D eigenvalue weighted by Crippen LogP contribution is 2.34. The number of carbonyl (C=O) groups is 2. The molecule has 1 fully saturated rings. The maximum absolute atomic E-state index is 15.0. The normalized spacial score (nSPS) is 14.8. The lowest BCUT2D eigenvalue weighted by molar-refractivity contribution is -0.127. The molecule has 1 atom stereocenters. The molecule has 0 aliphatic heterocycles. The number of amides is 2. The third kappa shape index (κ3) is 5.03. The molecule has 0 bridgehead atoms. The zero-order chi connectivity index (χ0) is 22.5. The predicted molar refractivity (Wildman–Crippen MR) is 127 cm³/mol. The van der Waals surface area contributed by atoms with Crippen LogP contribution in [0.15, 0.2) is 66.0 Å². The van der Waals surface area contributed by atoms with Crippen LogP contribution in [0.2, 0.25) is 5.02 Å². The van der Waals surface area contributed by atoms with Crippen LogP contribution in [0.25, 0.3) is 0 Å². The summed E-state index contributed by atoms with van der Waals surface area (Å²) in [5, 5.41) is 5.31. The monoisotopic (exact) mass is 470 g/mol. The molecular weight excluding hydrogens is 447 g/mol. The van der Waals surface area contributed by atoms with Gasteiger partial charge < -0.3 is 5.32 Å². The van der Waals surface area contributed by atoms with Crippen LogP contribution in [-0.2, 0) is 16.0 Å². The molecule has 4 rings (SSSR count). The van der Waals surface area contributed by atoms with Crippen LogP contribution in [0.1, 0.15) is 42.2 Å². The van der Waals surface area contributed by atoms with Gasteiger partial charge in [-0.3, -0.25) is 14.5 Å². The number of anilines is 1. The quantitative estimate of drug-likeness (QED) is 0.466. The maximum Gasteiger partial charge on any atom is 0.248 e. The van der Waals surface area contributed by atoms with Crippen molar-refractivity contribution in [2.24, 2.45) is 0 Å². The molecule has 1 aliphatic carbocycles. The minimum Gasteiger partial charge on any atom is -0.351 e. The van der Waals surface area contributed by atoms with Crippen molar-refractivity contribution in [2.75, 3.05) is 4.90 Å². The average molecular weight is 471 g/mol. The molecule has 2 aromatic carbocycles. The Morgan fingerprint density at radius 3 is 2.47 bits per heavy atom. The Balaban J connectivity index is 1.79. The van der Waals surface area contributed by atoms with Crippen LogP contribution >= 0.6 is 22.9 Å². The Kier molecular flexibility index (Phi) is 7.22. The summed E-state index contributed by atoms with van der Waals surface area (Å²) in [7, 11) is 0. The van der Waals surface area contributed by atoms with Crippen molar-refractivity contribution in [3.63, 3.8) is 0 Å². The second-order valence-electron chi connectivity index (χ2n) is 7.89. The van der Waals surface area contributed by atoms with Crippen LogP contribution in [-0.4, -0.2) is 17.9 Å². The Bertz CT molecular complexity index is 1080. The first-order chi connectivity index (χ1) is 15.5. The zero-order valence-corrected chi connectivity index (χ0v) is 19.0. The molecule has 4 nitrogen and oxygen atoms in total. The molecule has 0 unspecified atom stereocenters. The Labute approximate surface area is 196 Å². The third-order valence-corrected chi connectivity index (χ3v) is 6.91. The average Bonchev–Trinajstić information content (AvgIpc) is 3.48. The van der Waals surface area contributed by atoms with Gasteiger partial charge in [0.05, 0.1) is 12.1 Å². The number of carbonyl (C=O) groups excluding carboxylic acids is 2. The van der Waals surface area contributed by atoms with E-state index in [0.717, 1.165) is 30.6 Å². The topological polar surface area (TPSA) is 49.4 Å². The van der Waals surface area contributed by atoms with Gasteiger partial charge in [0.1, 0.15) is 11.9 Å². The van der Waals surface area contributed by atoms with Crippen LogP contribution in [0.5, 0.6) is 0 Å². The highest BCUT2D eigenvalue weighted by molar-refractivity contribution is 7.10. The number of thiophene rings is 1. The van der Waals surface area contributed by atoms with Gasteiger partial charge in [0.2, 0.25) is 11.8 Å². The summed E-state index contributed by atoms with van der Waals surface area (Å²) in [6.07, 6.45) is 3.95. The molecule has 3 aromatic rings. The standard InChI is InChI=1S/C25H24ClFN2O2S/c26-20-12-4-3-11-19(20)24(25(31)28-17-8-1-2-9-17)29(22-14-6-5-13-21(22)27)23(30)16-18-10-7-15-32-18/h3-7,10-15,17,24H,1-2,8-9,16H2,(H,28,31)/t24-/m0/s1. The van der Waals surface area contributed by atoms with Crippen molar-refractivity contribution in [3.8, 4) is 0 Å². The number of rotatable bonds is 7. The first-order valence-corrected chi connectivity index (χ1v) is 11.9.